The number of likely N-dealkylation sites (tertiary alicyclic amines) is 1. The number of aliphatic hydroxyl groups is 1. The van der Waals surface area contributed by atoms with Crippen molar-refractivity contribution in [3.8, 4) is 0 Å². The van der Waals surface area contributed by atoms with Crippen LogP contribution in [0.1, 0.15) is 178 Å². The zero-order valence-electron chi connectivity index (χ0n) is 39.0. The van der Waals surface area contributed by atoms with Crippen molar-refractivity contribution in [3.05, 3.63) is 0 Å². The highest BCUT2D eigenvalue weighted by molar-refractivity contribution is 5.78. The molecule has 0 radical (unpaired) electrons. The van der Waals surface area contributed by atoms with Crippen LogP contribution < -0.4 is 5.32 Å². The van der Waals surface area contributed by atoms with Crippen molar-refractivity contribution >= 4 is 23.6 Å². The first kappa shape index (κ1) is 61.1. The van der Waals surface area contributed by atoms with Gasteiger partial charge in [0.1, 0.15) is 5.78 Å². The summed E-state index contributed by atoms with van der Waals surface area (Å²) in [7, 11) is 0. The number of nitrogens with one attached hydrogen (secondary N) is 1. The molecule has 0 spiro atoms. The number of Topliss-reactive ketones (excluding diaryl/α,β-unsaturated/α-hetero) is 1. The van der Waals surface area contributed by atoms with Gasteiger partial charge in [-0.3, -0.25) is 19.2 Å². The van der Waals surface area contributed by atoms with E-state index < -0.39 is 11.8 Å². The highest BCUT2D eigenvalue weighted by Gasteiger charge is 2.26. The minimum absolute atomic E-state index is 0.00921. The molecule has 2 N–H and O–H groups in total. The van der Waals surface area contributed by atoms with Crippen LogP contribution in [0.15, 0.2) is 0 Å². The number of hydrogen-bond donors (Lipinski definition) is 2. The summed E-state index contributed by atoms with van der Waals surface area (Å²) in [6.45, 7) is 41.9. The van der Waals surface area contributed by atoms with Gasteiger partial charge in [-0.15, -0.1) is 0 Å². The van der Waals surface area contributed by atoms with Crippen LogP contribution >= 0.6 is 0 Å². The maximum atomic E-state index is 11.8. The second-order valence-electron chi connectivity index (χ2n) is 18.1. The van der Waals surface area contributed by atoms with Crippen molar-refractivity contribution < 1.29 is 37.8 Å². The number of esters is 1. The number of alkyl halides is 2. The average Bonchev–Trinajstić information content (AvgIpc) is 3.68. The number of aliphatic hydroxyl groups excluding tert-OH is 1. The molecule has 2 amide bonds. The fraction of sp³-hybridized carbons (Fsp3) is 0.909. The molecule has 1 atom stereocenters. The summed E-state index contributed by atoms with van der Waals surface area (Å²) in [5.74, 6) is -0.489. The van der Waals surface area contributed by atoms with Gasteiger partial charge in [0.25, 0.3) is 0 Å². The summed E-state index contributed by atoms with van der Waals surface area (Å²) >= 11 is 0. The Morgan fingerprint density at radius 3 is 1.28 bits per heavy atom. The molecule has 1 saturated carbocycles. The number of carbonyl (C=O) groups is 4. The van der Waals surface area contributed by atoms with Gasteiger partial charge in [0.2, 0.25) is 17.7 Å². The molecule has 0 aromatic carbocycles. The zero-order chi connectivity index (χ0) is 44.2. The maximum Gasteiger partial charge on any atom is 0.308 e. The Hall–Kier alpha value is -2.10. The molecular formula is C44H90F2N2O6. The highest BCUT2D eigenvalue weighted by Crippen LogP contribution is 2.24. The number of hydrogen-bond acceptors (Lipinski definition) is 6. The number of amides is 2. The van der Waals surface area contributed by atoms with Crippen molar-refractivity contribution in [2.75, 3.05) is 19.7 Å². The molecule has 2 fully saturated rings. The summed E-state index contributed by atoms with van der Waals surface area (Å²) in [6, 6.07) is 0.477. The predicted octanol–water partition coefficient (Wildman–Crippen LogP) is 11.0. The van der Waals surface area contributed by atoms with E-state index in [0.29, 0.717) is 24.6 Å². The lowest BCUT2D eigenvalue weighted by Gasteiger charge is -2.22. The van der Waals surface area contributed by atoms with Gasteiger partial charge in [-0.1, -0.05) is 137 Å². The van der Waals surface area contributed by atoms with Crippen LogP contribution in [-0.4, -0.2) is 71.3 Å². The SMILES string of the molecule is CC(=O)C(C)C.CC(C)C.CC(C)C(=O)N1CC[C@@H](O)C1.CC(C)C(=O)NC1CCCC1.CC(C)C(C)(C)C.CC(C)C(C)(F)F.CCOC(=O)C(C)C. The van der Waals surface area contributed by atoms with Gasteiger partial charge in [-0.2, -0.15) is 0 Å². The molecule has 1 saturated heterocycles. The lowest BCUT2D eigenvalue weighted by Crippen LogP contribution is -2.35. The van der Waals surface area contributed by atoms with Gasteiger partial charge < -0.3 is 20.1 Å². The Bertz CT molecular complexity index is 925. The van der Waals surface area contributed by atoms with Gasteiger partial charge in [-0.25, -0.2) is 8.78 Å². The molecule has 10 heteroatoms. The third-order valence-corrected chi connectivity index (χ3v) is 8.51. The van der Waals surface area contributed by atoms with Crippen molar-refractivity contribution in [1.82, 2.24) is 10.2 Å². The van der Waals surface area contributed by atoms with Gasteiger partial charge in [0, 0.05) is 42.8 Å². The van der Waals surface area contributed by atoms with Gasteiger partial charge in [0.05, 0.1) is 18.6 Å². The van der Waals surface area contributed by atoms with E-state index >= 15 is 0 Å². The first-order valence-electron chi connectivity index (χ1n) is 20.6. The van der Waals surface area contributed by atoms with E-state index in [4.69, 9.17) is 5.11 Å². The van der Waals surface area contributed by atoms with Crippen LogP contribution in [-0.2, 0) is 23.9 Å². The summed E-state index contributed by atoms with van der Waals surface area (Å²) in [4.78, 5) is 44.9. The number of ether oxygens (including phenoxy) is 1. The fourth-order valence-electron chi connectivity index (χ4n) is 3.05. The van der Waals surface area contributed by atoms with Gasteiger partial charge in [-0.05, 0) is 57.3 Å². The summed E-state index contributed by atoms with van der Waals surface area (Å²) in [6.07, 6.45) is 5.36. The van der Waals surface area contributed by atoms with Gasteiger partial charge >= 0.3 is 5.97 Å². The number of rotatable bonds is 7. The lowest BCUT2D eigenvalue weighted by atomic mass is 9.84. The number of nitrogens with zero attached hydrogens (tertiary/aromatic N) is 1. The molecule has 0 unspecified atom stereocenters. The smallest absolute Gasteiger partial charge is 0.308 e. The highest BCUT2D eigenvalue weighted by atomic mass is 19.3. The molecule has 1 aliphatic heterocycles. The largest absolute Gasteiger partial charge is 0.466 e. The quantitative estimate of drug-likeness (QED) is 0.249. The average molecular weight is 781 g/mol. The van der Waals surface area contributed by atoms with Crippen LogP contribution in [0, 0.1) is 46.8 Å². The summed E-state index contributed by atoms with van der Waals surface area (Å²) in [5, 5.41) is 12.2. The topological polar surface area (TPSA) is 113 Å². The second-order valence-corrected chi connectivity index (χ2v) is 18.1. The maximum absolute atomic E-state index is 11.8. The van der Waals surface area contributed by atoms with Crippen molar-refractivity contribution in [2.24, 2.45) is 46.8 Å². The van der Waals surface area contributed by atoms with Crippen LogP contribution in [0.25, 0.3) is 0 Å². The van der Waals surface area contributed by atoms with Crippen molar-refractivity contribution in [1.29, 1.82) is 0 Å². The minimum Gasteiger partial charge on any atom is -0.466 e. The Morgan fingerprint density at radius 1 is 0.722 bits per heavy atom. The summed E-state index contributed by atoms with van der Waals surface area (Å²) < 4.78 is 28.4. The first-order chi connectivity index (χ1) is 24.2. The monoisotopic (exact) mass is 781 g/mol. The van der Waals surface area contributed by atoms with E-state index in [1.807, 2.05) is 55.4 Å². The van der Waals surface area contributed by atoms with E-state index in [-0.39, 0.29) is 53.3 Å². The van der Waals surface area contributed by atoms with Crippen LogP contribution in [0.4, 0.5) is 8.78 Å². The second kappa shape index (κ2) is 33.1. The van der Waals surface area contributed by atoms with E-state index in [2.05, 4.69) is 65.4 Å². The normalized spacial score (nSPS) is 15.4. The number of β-amino-alcohol motifs (C(OH)–C–C–N with tert-alkyl or cyclic N) is 1. The number of carbonyl (C=O) groups excluding carboxylic acids is 4. The molecule has 54 heavy (non-hydrogen) atoms. The Morgan fingerprint density at radius 2 is 1.09 bits per heavy atom. The molecule has 326 valence electrons. The Balaban J connectivity index is -0.000000177. The number of halogens is 2. The third-order valence-electron chi connectivity index (χ3n) is 8.51. The molecule has 0 bridgehead atoms. The molecule has 2 rings (SSSR count). The molecule has 1 heterocycles. The minimum atomic E-state index is -2.50. The molecule has 0 aromatic rings. The van der Waals surface area contributed by atoms with Crippen LogP contribution in [0.5, 0.6) is 0 Å². The number of ketones is 1. The first-order valence-corrected chi connectivity index (χ1v) is 20.6. The van der Waals surface area contributed by atoms with Crippen molar-refractivity contribution in [2.45, 2.75) is 196 Å². The van der Waals surface area contributed by atoms with E-state index in [1.54, 1.807) is 18.7 Å². The molecule has 8 nitrogen and oxygen atoms in total. The van der Waals surface area contributed by atoms with E-state index in [1.165, 1.54) is 39.5 Å². The molecule has 0 aromatic heterocycles. The fourth-order valence-corrected chi connectivity index (χ4v) is 3.05. The van der Waals surface area contributed by atoms with Crippen molar-refractivity contribution in [3.63, 3.8) is 0 Å². The van der Waals surface area contributed by atoms with Crippen LogP contribution in [0.2, 0.25) is 0 Å². The summed E-state index contributed by atoms with van der Waals surface area (Å²) in [5.41, 5.74) is 0.500. The van der Waals surface area contributed by atoms with Crippen LogP contribution in [0.3, 0.4) is 0 Å². The Labute approximate surface area is 333 Å². The van der Waals surface area contributed by atoms with E-state index in [0.717, 1.165) is 31.7 Å². The van der Waals surface area contributed by atoms with Gasteiger partial charge in [0.15, 0.2) is 0 Å². The van der Waals surface area contributed by atoms with E-state index in [9.17, 15) is 28.0 Å². The predicted molar refractivity (Wildman–Crippen MR) is 225 cm³/mol. The Kier molecular flexibility index (Phi) is 37.4. The molecule has 2 aliphatic rings. The standard InChI is InChI=1S/C9H17NO.C8H15NO2.C7H16.C6H12O2.C5H10F2.C5H10O.C4H10/c1-7(2)9(11)10-8-5-3-4-6-8;1-6(2)8(11)9-4-3-7(10)5-9;1-6(2)7(3,4)5;1-4-8-6(7)5(2)3;1-4(2)5(3,6)7;1-4(2)5(3)6;1-4(2)3/h7-8H,3-6H2,1-2H3,(H,10,11);6-7,10H,3-5H2,1-2H3;6H,1-5H3;5H,4H2,1-3H3;4H,1-3H3;4H,1-3H3;4H,1-3H3/t;7-;;;;;/m.1...../s1. The zero-order valence-corrected chi connectivity index (χ0v) is 39.0. The third kappa shape index (κ3) is 42.6. The molecular weight excluding hydrogens is 690 g/mol. The molecule has 1 aliphatic carbocycles. The lowest BCUT2D eigenvalue weighted by molar-refractivity contribution is -0.146.